The van der Waals surface area contributed by atoms with Crippen LogP contribution in [0, 0.1) is 17.2 Å². The van der Waals surface area contributed by atoms with Crippen LogP contribution < -0.4 is 4.72 Å². The van der Waals surface area contributed by atoms with Gasteiger partial charge in [-0.05, 0) is 18.8 Å². The molecule has 0 saturated heterocycles. The van der Waals surface area contributed by atoms with Gasteiger partial charge in [0.05, 0.1) is 18.2 Å². The largest absolute Gasteiger partial charge is 0.212 e. The van der Waals surface area contributed by atoms with Gasteiger partial charge in [-0.25, -0.2) is 13.1 Å². The van der Waals surface area contributed by atoms with Crippen LogP contribution in [0.1, 0.15) is 40.0 Å². The van der Waals surface area contributed by atoms with Crippen LogP contribution in [0.5, 0.6) is 0 Å². The summed E-state index contributed by atoms with van der Waals surface area (Å²) >= 11 is 0. The van der Waals surface area contributed by atoms with Gasteiger partial charge in [0.25, 0.3) is 0 Å². The molecule has 0 aliphatic carbocycles. The van der Waals surface area contributed by atoms with Gasteiger partial charge in [-0.2, -0.15) is 5.26 Å². The third-order valence-corrected chi connectivity index (χ3v) is 3.61. The molecule has 0 aliphatic rings. The molecule has 0 spiro atoms. The Kier molecular flexibility index (Phi) is 6.53. The topological polar surface area (TPSA) is 70.0 Å². The van der Waals surface area contributed by atoms with Crippen LogP contribution in [0.15, 0.2) is 0 Å². The molecule has 1 atom stereocenters. The predicted octanol–water partition coefficient (Wildman–Crippen LogP) is 1.64. The maximum absolute atomic E-state index is 11.6. The fraction of sp³-hybridized carbons (Fsp3) is 0.900. The average Bonchev–Trinajstić information content (AvgIpc) is 2.14. The molecule has 0 aromatic carbocycles. The third kappa shape index (κ3) is 7.34. The molecular weight excluding hydrogens is 212 g/mol. The molecule has 0 bridgehead atoms. The van der Waals surface area contributed by atoms with Crippen molar-refractivity contribution in [2.75, 3.05) is 5.75 Å². The van der Waals surface area contributed by atoms with Crippen molar-refractivity contribution in [2.45, 2.75) is 46.1 Å². The van der Waals surface area contributed by atoms with E-state index >= 15 is 0 Å². The first-order valence-corrected chi connectivity index (χ1v) is 6.93. The maximum atomic E-state index is 11.6. The molecule has 0 rings (SSSR count). The smallest absolute Gasteiger partial charge is 0.211 e. The molecule has 88 valence electrons. The van der Waals surface area contributed by atoms with Crippen LogP contribution in [-0.4, -0.2) is 20.2 Å². The summed E-state index contributed by atoms with van der Waals surface area (Å²) in [5, 5.41) is 8.50. The molecule has 15 heavy (non-hydrogen) atoms. The number of nitrogens with one attached hydrogen (secondary N) is 1. The van der Waals surface area contributed by atoms with E-state index < -0.39 is 10.0 Å². The van der Waals surface area contributed by atoms with Gasteiger partial charge in [0.1, 0.15) is 0 Å². The summed E-state index contributed by atoms with van der Waals surface area (Å²) in [7, 11) is -3.21. The Bertz CT molecular complexity index is 304. The van der Waals surface area contributed by atoms with Crippen molar-refractivity contribution in [2.24, 2.45) is 5.92 Å². The fourth-order valence-electron chi connectivity index (χ4n) is 1.08. The predicted molar refractivity (Wildman–Crippen MR) is 60.7 cm³/mol. The molecule has 0 aliphatic heterocycles. The molecule has 1 N–H and O–H groups in total. The first-order valence-electron chi connectivity index (χ1n) is 5.28. The number of sulfonamides is 1. The lowest BCUT2D eigenvalue weighted by atomic mass is 10.2. The monoisotopic (exact) mass is 232 g/mol. The SMILES string of the molecule is CCC(CC#N)NS(=O)(=O)CCC(C)C. The van der Waals surface area contributed by atoms with E-state index in [4.69, 9.17) is 5.26 Å². The van der Waals surface area contributed by atoms with Crippen LogP contribution >= 0.6 is 0 Å². The highest BCUT2D eigenvalue weighted by atomic mass is 32.2. The summed E-state index contributed by atoms with van der Waals surface area (Å²) in [4.78, 5) is 0. The van der Waals surface area contributed by atoms with Gasteiger partial charge in [-0.3, -0.25) is 0 Å². The maximum Gasteiger partial charge on any atom is 0.211 e. The van der Waals surface area contributed by atoms with E-state index in [2.05, 4.69) is 4.72 Å². The molecule has 0 aromatic rings. The molecule has 0 saturated carbocycles. The number of nitriles is 1. The summed E-state index contributed by atoms with van der Waals surface area (Å²) < 4.78 is 25.7. The zero-order chi connectivity index (χ0) is 11.9. The molecule has 4 nitrogen and oxygen atoms in total. The highest BCUT2D eigenvalue weighted by Gasteiger charge is 2.16. The number of hydrogen-bond acceptors (Lipinski definition) is 3. The first kappa shape index (κ1) is 14.4. The highest BCUT2D eigenvalue weighted by Crippen LogP contribution is 2.04. The van der Waals surface area contributed by atoms with Gasteiger partial charge < -0.3 is 0 Å². The van der Waals surface area contributed by atoms with E-state index in [-0.39, 0.29) is 18.2 Å². The van der Waals surface area contributed by atoms with Crippen molar-refractivity contribution in [3.63, 3.8) is 0 Å². The minimum absolute atomic E-state index is 0.145. The second kappa shape index (κ2) is 6.81. The zero-order valence-corrected chi connectivity index (χ0v) is 10.5. The quantitative estimate of drug-likeness (QED) is 0.725. The summed E-state index contributed by atoms with van der Waals surface area (Å²) in [5.41, 5.74) is 0. The summed E-state index contributed by atoms with van der Waals surface area (Å²) in [6, 6.07) is 1.74. The molecule has 0 fully saturated rings. The van der Waals surface area contributed by atoms with Gasteiger partial charge in [0.2, 0.25) is 10.0 Å². The Morgan fingerprint density at radius 2 is 2.00 bits per heavy atom. The standard InChI is InChI=1S/C10H20N2O2S/c1-4-10(5-7-11)12-15(13,14)8-6-9(2)3/h9-10,12H,4-6,8H2,1-3H3. The lowest BCUT2D eigenvalue weighted by Crippen LogP contribution is -2.36. The second-order valence-corrected chi connectivity index (χ2v) is 5.96. The molecule has 0 aromatic heterocycles. The summed E-state index contributed by atoms with van der Waals surface area (Å²) in [6.07, 6.45) is 1.53. The van der Waals surface area contributed by atoms with E-state index in [9.17, 15) is 8.42 Å². The van der Waals surface area contributed by atoms with E-state index in [1.807, 2.05) is 26.8 Å². The van der Waals surface area contributed by atoms with Gasteiger partial charge in [0.15, 0.2) is 0 Å². The van der Waals surface area contributed by atoms with Gasteiger partial charge in [-0.1, -0.05) is 20.8 Å². The zero-order valence-electron chi connectivity index (χ0n) is 9.66. The Morgan fingerprint density at radius 1 is 1.40 bits per heavy atom. The second-order valence-electron chi connectivity index (χ2n) is 4.09. The molecule has 1 unspecified atom stereocenters. The molecule has 5 heteroatoms. The first-order chi connectivity index (χ1) is 6.91. The van der Waals surface area contributed by atoms with E-state index in [1.54, 1.807) is 0 Å². The van der Waals surface area contributed by atoms with Crippen molar-refractivity contribution in [1.29, 1.82) is 5.26 Å². The normalized spacial score (nSPS) is 13.8. The Labute approximate surface area is 92.7 Å². The van der Waals surface area contributed by atoms with Crippen LogP contribution in [0.25, 0.3) is 0 Å². The molecule has 0 heterocycles. The third-order valence-electron chi connectivity index (χ3n) is 2.14. The number of nitrogens with zero attached hydrogens (tertiary/aromatic N) is 1. The number of hydrogen-bond donors (Lipinski definition) is 1. The van der Waals surface area contributed by atoms with Crippen molar-refractivity contribution < 1.29 is 8.42 Å². The van der Waals surface area contributed by atoms with Crippen LogP contribution in [0.4, 0.5) is 0 Å². The summed E-state index contributed by atoms with van der Waals surface area (Å²) in [5.74, 6) is 0.518. The molecule has 0 radical (unpaired) electrons. The Hall–Kier alpha value is -0.600. The van der Waals surface area contributed by atoms with E-state index in [0.29, 0.717) is 18.8 Å². The van der Waals surface area contributed by atoms with E-state index in [0.717, 1.165) is 0 Å². The fourth-order valence-corrected chi connectivity index (χ4v) is 2.74. The highest BCUT2D eigenvalue weighted by molar-refractivity contribution is 7.89. The van der Waals surface area contributed by atoms with Gasteiger partial charge in [-0.15, -0.1) is 0 Å². The molecule has 0 amide bonds. The van der Waals surface area contributed by atoms with Gasteiger partial charge in [0, 0.05) is 6.04 Å². The lowest BCUT2D eigenvalue weighted by Gasteiger charge is -2.14. The summed E-state index contributed by atoms with van der Waals surface area (Å²) in [6.45, 7) is 5.84. The Balaban J connectivity index is 4.18. The van der Waals surface area contributed by atoms with Crippen LogP contribution in [0.2, 0.25) is 0 Å². The minimum atomic E-state index is -3.21. The minimum Gasteiger partial charge on any atom is -0.212 e. The lowest BCUT2D eigenvalue weighted by molar-refractivity contribution is 0.532. The van der Waals surface area contributed by atoms with Crippen molar-refractivity contribution >= 4 is 10.0 Å². The van der Waals surface area contributed by atoms with Crippen LogP contribution in [0.3, 0.4) is 0 Å². The molecular formula is C10H20N2O2S. The van der Waals surface area contributed by atoms with Crippen LogP contribution in [-0.2, 0) is 10.0 Å². The van der Waals surface area contributed by atoms with Gasteiger partial charge >= 0.3 is 0 Å². The van der Waals surface area contributed by atoms with Crippen molar-refractivity contribution in [3.8, 4) is 6.07 Å². The van der Waals surface area contributed by atoms with Crippen molar-refractivity contribution in [1.82, 2.24) is 4.72 Å². The van der Waals surface area contributed by atoms with E-state index in [1.165, 1.54) is 0 Å². The van der Waals surface area contributed by atoms with Crippen molar-refractivity contribution in [3.05, 3.63) is 0 Å². The number of rotatable bonds is 7. The Morgan fingerprint density at radius 3 is 2.40 bits per heavy atom. The average molecular weight is 232 g/mol.